The summed E-state index contributed by atoms with van der Waals surface area (Å²) >= 11 is 1.39. The molecule has 0 atom stereocenters. The number of thioether (sulfide) groups is 1. The molecule has 0 saturated carbocycles. The fraction of sp³-hybridized carbons (Fsp3) is 0.231. The van der Waals surface area contributed by atoms with Gasteiger partial charge >= 0.3 is 0 Å². The van der Waals surface area contributed by atoms with Crippen molar-refractivity contribution in [2.75, 3.05) is 0 Å². The summed E-state index contributed by atoms with van der Waals surface area (Å²) in [5, 5.41) is 3.51. The highest BCUT2D eigenvalue weighted by Crippen LogP contribution is 2.31. The van der Waals surface area contributed by atoms with Crippen LogP contribution in [0.1, 0.15) is 40.6 Å². The fourth-order valence-electron chi connectivity index (χ4n) is 3.87. The molecule has 2 aromatic carbocycles. The van der Waals surface area contributed by atoms with Crippen LogP contribution in [0.5, 0.6) is 0 Å². The Balaban J connectivity index is 1.66. The third-order valence-electron chi connectivity index (χ3n) is 5.74. The predicted molar refractivity (Wildman–Crippen MR) is 131 cm³/mol. The Labute approximate surface area is 188 Å². The van der Waals surface area contributed by atoms with Gasteiger partial charge in [0.1, 0.15) is 0 Å². The number of para-hydroxylation sites is 1. The van der Waals surface area contributed by atoms with Crippen molar-refractivity contribution < 1.29 is 4.79 Å². The van der Waals surface area contributed by atoms with Crippen LogP contribution >= 0.6 is 11.8 Å². The van der Waals surface area contributed by atoms with E-state index < -0.39 is 0 Å². The molecular weight excluding hydrogens is 402 g/mol. The Hall–Kier alpha value is -3.05. The Morgan fingerprint density at radius 3 is 2.55 bits per heavy atom. The van der Waals surface area contributed by atoms with Gasteiger partial charge in [-0.2, -0.15) is 0 Å². The molecule has 1 aliphatic rings. The van der Waals surface area contributed by atoms with Gasteiger partial charge < -0.3 is 9.88 Å². The van der Waals surface area contributed by atoms with Gasteiger partial charge in [0.2, 0.25) is 0 Å². The van der Waals surface area contributed by atoms with Crippen molar-refractivity contribution in [1.29, 1.82) is 0 Å². The molecule has 0 radical (unpaired) electrons. The molecule has 1 amide bonds. The van der Waals surface area contributed by atoms with E-state index in [0.717, 1.165) is 29.1 Å². The summed E-state index contributed by atoms with van der Waals surface area (Å²) in [7, 11) is 0. The molecule has 0 aliphatic carbocycles. The lowest BCUT2D eigenvalue weighted by molar-refractivity contribution is -0.115. The van der Waals surface area contributed by atoms with Gasteiger partial charge in [0.15, 0.2) is 5.17 Å². The summed E-state index contributed by atoms with van der Waals surface area (Å²) in [6, 6.07) is 16.7. The second-order valence-electron chi connectivity index (χ2n) is 7.89. The first-order valence-corrected chi connectivity index (χ1v) is 11.3. The van der Waals surface area contributed by atoms with Crippen molar-refractivity contribution in [2.45, 2.75) is 41.0 Å². The topological polar surface area (TPSA) is 46.4 Å². The van der Waals surface area contributed by atoms with Crippen molar-refractivity contribution in [3.63, 3.8) is 0 Å². The molecule has 1 fully saturated rings. The molecule has 1 N–H and O–H groups in total. The Morgan fingerprint density at radius 2 is 1.81 bits per heavy atom. The summed E-state index contributed by atoms with van der Waals surface area (Å²) in [4.78, 5) is 17.9. The molecular formula is C26H27N3OS. The van der Waals surface area contributed by atoms with Gasteiger partial charge in [0.25, 0.3) is 5.91 Å². The number of carbonyl (C=O) groups is 1. The lowest BCUT2D eigenvalue weighted by Gasteiger charge is -2.13. The molecule has 31 heavy (non-hydrogen) atoms. The van der Waals surface area contributed by atoms with Crippen molar-refractivity contribution in [2.24, 2.45) is 4.99 Å². The highest BCUT2D eigenvalue weighted by Gasteiger charge is 2.24. The number of aromatic nitrogens is 1. The van der Waals surface area contributed by atoms with Crippen LogP contribution in [-0.2, 0) is 11.2 Å². The highest BCUT2D eigenvalue weighted by molar-refractivity contribution is 8.18. The quantitative estimate of drug-likeness (QED) is 0.505. The molecule has 158 valence electrons. The summed E-state index contributed by atoms with van der Waals surface area (Å²) < 4.78 is 2.27. The van der Waals surface area contributed by atoms with Crippen LogP contribution in [0, 0.1) is 27.7 Å². The third-order valence-corrected chi connectivity index (χ3v) is 6.65. The number of amidine groups is 1. The lowest BCUT2D eigenvalue weighted by Crippen LogP contribution is -2.19. The third kappa shape index (κ3) is 4.23. The number of hydrogen-bond acceptors (Lipinski definition) is 3. The van der Waals surface area contributed by atoms with E-state index in [2.05, 4.69) is 85.9 Å². The van der Waals surface area contributed by atoms with Crippen molar-refractivity contribution >= 4 is 34.6 Å². The number of nitrogens with one attached hydrogen (secondary N) is 1. The molecule has 0 bridgehead atoms. The predicted octanol–water partition coefficient (Wildman–Crippen LogP) is 6.16. The van der Waals surface area contributed by atoms with Crippen LogP contribution in [0.25, 0.3) is 11.8 Å². The largest absolute Gasteiger partial charge is 0.318 e. The molecule has 3 aromatic rings. The molecule has 1 aromatic heterocycles. The average Bonchev–Trinajstić information content (AvgIpc) is 3.23. The number of nitrogens with zero attached hydrogens (tertiary/aromatic N) is 2. The first-order valence-electron chi connectivity index (χ1n) is 10.5. The van der Waals surface area contributed by atoms with Gasteiger partial charge in [0, 0.05) is 17.1 Å². The van der Waals surface area contributed by atoms with E-state index in [1.807, 2.05) is 18.2 Å². The Kier molecular flexibility index (Phi) is 5.88. The molecule has 4 nitrogen and oxygen atoms in total. The summed E-state index contributed by atoms with van der Waals surface area (Å²) in [6.45, 7) is 10.5. The second kappa shape index (κ2) is 8.60. The van der Waals surface area contributed by atoms with Gasteiger partial charge in [-0.3, -0.25) is 4.79 Å². The van der Waals surface area contributed by atoms with E-state index in [4.69, 9.17) is 0 Å². The number of amides is 1. The van der Waals surface area contributed by atoms with Crippen LogP contribution in [0.2, 0.25) is 0 Å². The minimum Gasteiger partial charge on any atom is -0.318 e. The first-order chi connectivity index (χ1) is 14.9. The molecule has 0 unspecified atom stereocenters. The normalized spacial score (nSPS) is 16.4. The Morgan fingerprint density at radius 1 is 1.03 bits per heavy atom. The molecule has 2 heterocycles. The van der Waals surface area contributed by atoms with Crippen LogP contribution in [-0.4, -0.2) is 15.6 Å². The first kappa shape index (κ1) is 21.2. The second-order valence-corrected chi connectivity index (χ2v) is 8.93. The van der Waals surface area contributed by atoms with E-state index in [-0.39, 0.29) is 5.91 Å². The summed E-state index contributed by atoms with van der Waals surface area (Å²) in [5.74, 6) is -0.105. The maximum absolute atomic E-state index is 12.6. The Bertz CT molecular complexity index is 1230. The standard InChI is InChI=1S/C26H27N3OS/c1-6-20-9-7-8-10-23(20)29-18(4)14-21(19(29)5)15-24-25(30)28-26(31-24)27-22-12-11-16(2)17(3)13-22/h7-15H,6H2,1-5H3,(H,27,28,30)/b24-15-. The molecule has 5 heteroatoms. The highest BCUT2D eigenvalue weighted by atomic mass is 32.2. The van der Waals surface area contributed by atoms with Gasteiger partial charge in [-0.15, -0.1) is 0 Å². The van der Waals surface area contributed by atoms with Crippen molar-refractivity contribution in [3.8, 4) is 5.69 Å². The summed E-state index contributed by atoms with van der Waals surface area (Å²) in [6.07, 6.45) is 2.94. The zero-order valence-corrected chi connectivity index (χ0v) is 19.4. The van der Waals surface area contributed by atoms with Crippen LogP contribution in [0.3, 0.4) is 0 Å². The van der Waals surface area contributed by atoms with Gasteiger partial charge in [0.05, 0.1) is 10.6 Å². The summed E-state index contributed by atoms with van der Waals surface area (Å²) in [5.41, 5.74) is 9.09. The minimum absolute atomic E-state index is 0.105. The van der Waals surface area contributed by atoms with Crippen LogP contribution in [0.15, 0.2) is 58.4 Å². The number of rotatable bonds is 4. The van der Waals surface area contributed by atoms with Crippen molar-refractivity contribution in [1.82, 2.24) is 9.88 Å². The van der Waals surface area contributed by atoms with Crippen LogP contribution in [0.4, 0.5) is 5.69 Å². The SMILES string of the molecule is CCc1ccccc1-n1c(C)cc(/C=C2\SC(=Nc3ccc(C)c(C)c3)NC2=O)c1C. The molecule has 1 aliphatic heterocycles. The zero-order valence-electron chi connectivity index (χ0n) is 18.6. The van der Waals surface area contributed by atoms with Crippen molar-refractivity contribution in [3.05, 3.63) is 87.1 Å². The molecule has 4 rings (SSSR count). The van der Waals surface area contributed by atoms with E-state index in [9.17, 15) is 4.79 Å². The smallest absolute Gasteiger partial charge is 0.264 e. The number of benzene rings is 2. The van der Waals surface area contributed by atoms with Gasteiger partial charge in [-0.1, -0.05) is 31.2 Å². The molecule has 1 saturated heterocycles. The van der Waals surface area contributed by atoms with Gasteiger partial charge in [-0.05, 0) is 98.5 Å². The number of hydrogen-bond donors (Lipinski definition) is 1. The monoisotopic (exact) mass is 429 g/mol. The number of aliphatic imine (C=N–C) groups is 1. The lowest BCUT2D eigenvalue weighted by atomic mass is 10.1. The fourth-order valence-corrected chi connectivity index (χ4v) is 4.70. The molecule has 0 spiro atoms. The maximum Gasteiger partial charge on any atom is 0.264 e. The van der Waals surface area contributed by atoms with Gasteiger partial charge in [-0.25, -0.2) is 4.99 Å². The van der Waals surface area contributed by atoms with E-state index in [1.165, 1.54) is 34.1 Å². The zero-order chi connectivity index (χ0) is 22.1. The van der Waals surface area contributed by atoms with E-state index >= 15 is 0 Å². The van der Waals surface area contributed by atoms with E-state index in [1.54, 1.807) is 0 Å². The number of aryl methyl sites for hydroxylation is 4. The maximum atomic E-state index is 12.6. The van der Waals surface area contributed by atoms with E-state index in [0.29, 0.717) is 10.1 Å². The minimum atomic E-state index is -0.105. The van der Waals surface area contributed by atoms with Crippen LogP contribution < -0.4 is 5.32 Å². The number of carbonyl (C=O) groups excluding carboxylic acids is 1. The average molecular weight is 430 g/mol.